The van der Waals surface area contributed by atoms with Crippen LogP contribution in [0.25, 0.3) is 0 Å². The number of benzene rings is 4. The lowest BCUT2D eigenvalue weighted by atomic mass is 10.1. The number of anilines is 3. The minimum atomic E-state index is -4.12. The summed E-state index contributed by atoms with van der Waals surface area (Å²) >= 11 is 6.20. The Morgan fingerprint density at radius 2 is 1.43 bits per heavy atom. The summed E-state index contributed by atoms with van der Waals surface area (Å²) in [5, 5.41) is 2.58. The number of amides is 1. The topological polar surface area (TPSA) is 140 Å². The predicted octanol–water partition coefficient (Wildman–Crippen LogP) is 5.83. The summed E-state index contributed by atoms with van der Waals surface area (Å²) in [7, 11) is -5.26. The predicted molar refractivity (Wildman–Crippen MR) is 163 cm³/mol. The number of aryl methyl sites for hydroxylation is 2. The Bertz CT molecular complexity index is 1860. The summed E-state index contributed by atoms with van der Waals surface area (Å²) < 4.78 is 67.6. The van der Waals surface area contributed by atoms with Crippen molar-refractivity contribution in [2.24, 2.45) is 0 Å². The first-order valence-corrected chi connectivity index (χ1v) is 15.7. The highest BCUT2D eigenvalue weighted by atomic mass is 35.5. The van der Waals surface area contributed by atoms with E-state index in [0.717, 1.165) is 11.1 Å². The second-order valence-corrected chi connectivity index (χ2v) is 13.0. The van der Waals surface area contributed by atoms with E-state index in [0.29, 0.717) is 17.2 Å². The fraction of sp³-hybridized carbons (Fsp3) is 0.138. The number of hydrogen-bond donors (Lipinski definition) is 3. The van der Waals surface area contributed by atoms with Gasteiger partial charge in [0.15, 0.2) is 0 Å². The van der Waals surface area contributed by atoms with E-state index in [9.17, 15) is 21.6 Å². The molecule has 0 radical (unpaired) electrons. The highest BCUT2D eigenvalue weighted by Gasteiger charge is 2.22. The van der Waals surface area contributed by atoms with Gasteiger partial charge in [-0.15, -0.1) is 0 Å². The number of nitrogens with one attached hydrogen (secondary N) is 3. The first-order chi connectivity index (χ1) is 19.8. The molecule has 0 saturated carbocycles. The Kier molecular flexibility index (Phi) is 9.00. The van der Waals surface area contributed by atoms with Crippen LogP contribution in [-0.2, 0) is 20.0 Å². The standard InChI is InChI=1S/C29H28ClN3O7S2/c1-18-5-13-25(19(2)15-18)32-42(37,38)28-16-20(6-12-24(28)30)29(34)31-21-7-10-23(11-8-21)41(35,36)33-26-17-22(39-3)9-14-27(26)40-4/h5-17,32-33H,1-4H3,(H,31,34). The average molecular weight is 630 g/mol. The quantitative estimate of drug-likeness (QED) is 0.201. The zero-order valence-electron chi connectivity index (χ0n) is 23.1. The lowest BCUT2D eigenvalue weighted by molar-refractivity contribution is 0.102. The molecule has 4 aromatic carbocycles. The van der Waals surface area contributed by atoms with Crippen molar-refractivity contribution in [3.8, 4) is 11.5 Å². The zero-order valence-corrected chi connectivity index (χ0v) is 25.4. The van der Waals surface area contributed by atoms with Crippen molar-refractivity contribution in [2.75, 3.05) is 29.0 Å². The molecule has 0 fully saturated rings. The van der Waals surface area contributed by atoms with Crippen LogP contribution in [0.2, 0.25) is 5.02 Å². The molecule has 0 spiro atoms. The van der Waals surface area contributed by atoms with Gasteiger partial charge >= 0.3 is 0 Å². The summed E-state index contributed by atoms with van der Waals surface area (Å²) in [5.74, 6) is 0.118. The van der Waals surface area contributed by atoms with Crippen LogP contribution in [0.3, 0.4) is 0 Å². The molecule has 0 saturated heterocycles. The molecule has 0 bridgehead atoms. The highest BCUT2D eigenvalue weighted by Crippen LogP contribution is 2.31. The fourth-order valence-electron chi connectivity index (χ4n) is 4.00. The number of halogens is 1. The fourth-order valence-corrected chi connectivity index (χ4v) is 6.72. The van der Waals surface area contributed by atoms with Gasteiger partial charge in [-0.1, -0.05) is 29.3 Å². The van der Waals surface area contributed by atoms with E-state index in [4.69, 9.17) is 21.1 Å². The Morgan fingerprint density at radius 1 is 0.738 bits per heavy atom. The minimum Gasteiger partial charge on any atom is -0.497 e. The van der Waals surface area contributed by atoms with E-state index < -0.39 is 26.0 Å². The lowest BCUT2D eigenvalue weighted by Crippen LogP contribution is -2.17. The molecular formula is C29H28ClN3O7S2. The van der Waals surface area contributed by atoms with E-state index in [2.05, 4.69) is 14.8 Å². The summed E-state index contributed by atoms with van der Waals surface area (Å²) in [6.07, 6.45) is 0. The maximum absolute atomic E-state index is 13.1. The summed E-state index contributed by atoms with van der Waals surface area (Å²) in [4.78, 5) is 12.6. The van der Waals surface area contributed by atoms with Crippen LogP contribution in [0.5, 0.6) is 11.5 Å². The molecular weight excluding hydrogens is 602 g/mol. The van der Waals surface area contributed by atoms with Gasteiger partial charge in [0.1, 0.15) is 16.4 Å². The maximum atomic E-state index is 13.1. The van der Waals surface area contributed by atoms with Crippen LogP contribution in [0.1, 0.15) is 21.5 Å². The Morgan fingerprint density at radius 3 is 2.07 bits per heavy atom. The second-order valence-electron chi connectivity index (χ2n) is 9.22. The number of hydrogen-bond acceptors (Lipinski definition) is 7. The van der Waals surface area contributed by atoms with Gasteiger partial charge in [0.25, 0.3) is 26.0 Å². The number of carbonyl (C=O) groups is 1. The number of sulfonamides is 2. The summed E-state index contributed by atoms with van der Waals surface area (Å²) in [6.45, 7) is 3.67. The molecule has 1 amide bonds. The summed E-state index contributed by atoms with van der Waals surface area (Å²) in [5.41, 5.74) is 2.60. The minimum absolute atomic E-state index is 0.0314. The van der Waals surface area contributed by atoms with Gasteiger partial charge < -0.3 is 14.8 Å². The van der Waals surface area contributed by atoms with Crippen LogP contribution in [-0.4, -0.2) is 37.0 Å². The van der Waals surface area contributed by atoms with Crippen molar-refractivity contribution in [3.05, 3.63) is 101 Å². The lowest BCUT2D eigenvalue weighted by Gasteiger charge is -2.14. The number of rotatable bonds is 10. The van der Waals surface area contributed by atoms with E-state index in [1.54, 1.807) is 31.2 Å². The van der Waals surface area contributed by atoms with Crippen molar-refractivity contribution >= 4 is 54.6 Å². The molecule has 13 heteroatoms. The molecule has 0 heterocycles. The number of methoxy groups -OCH3 is 2. The van der Waals surface area contributed by atoms with Crippen molar-refractivity contribution in [2.45, 2.75) is 23.6 Å². The molecule has 4 aromatic rings. The first kappa shape index (κ1) is 30.7. The van der Waals surface area contributed by atoms with Gasteiger partial charge in [0.05, 0.1) is 35.5 Å². The van der Waals surface area contributed by atoms with Crippen molar-refractivity contribution in [1.29, 1.82) is 0 Å². The third-order valence-corrected chi connectivity index (χ3v) is 9.41. The van der Waals surface area contributed by atoms with E-state index >= 15 is 0 Å². The zero-order chi connectivity index (χ0) is 30.7. The molecule has 10 nitrogen and oxygen atoms in total. The van der Waals surface area contributed by atoms with Crippen molar-refractivity contribution in [1.82, 2.24) is 0 Å². The van der Waals surface area contributed by atoms with Crippen LogP contribution in [0.15, 0.2) is 88.7 Å². The summed E-state index contributed by atoms with van der Waals surface area (Å²) in [6, 6.07) is 19.3. The molecule has 220 valence electrons. The molecule has 0 atom stereocenters. The van der Waals surface area contributed by atoms with Gasteiger partial charge in [-0.2, -0.15) is 0 Å². The van der Waals surface area contributed by atoms with Gasteiger partial charge in [0.2, 0.25) is 0 Å². The molecule has 4 rings (SSSR count). The largest absolute Gasteiger partial charge is 0.497 e. The molecule has 0 unspecified atom stereocenters. The SMILES string of the molecule is COc1ccc(OC)c(NS(=O)(=O)c2ccc(NC(=O)c3ccc(Cl)c(S(=O)(=O)Nc4ccc(C)cc4C)c3)cc2)c1. The smallest absolute Gasteiger partial charge is 0.263 e. The van der Waals surface area contributed by atoms with Crippen LogP contribution >= 0.6 is 11.6 Å². The number of ether oxygens (including phenoxy) is 2. The molecule has 0 aliphatic rings. The van der Waals surface area contributed by atoms with Crippen LogP contribution < -0.4 is 24.2 Å². The Labute approximate surface area is 249 Å². The Balaban J connectivity index is 1.51. The Hall–Kier alpha value is -4.26. The van der Waals surface area contributed by atoms with Gasteiger partial charge in [-0.25, -0.2) is 16.8 Å². The van der Waals surface area contributed by atoms with E-state index in [-0.39, 0.29) is 31.8 Å². The first-order valence-electron chi connectivity index (χ1n) is 12.4. The normalized spacial score (nSPS) is 11.5. The van der Waals surface area contributed by atoms with Gasteiger partial charge in [0, 0.05) is 17.3 Å². The molecule has 3 N–H and O–H groups in total. The van der Waals surface area contributed by atoms with Crippen molar-refractivity contribution < 1.29 is 31.1 Å². The van der Waals surface area contributed by atoms with E-state index in [1.807, 2.05) is 13.0 Å². The van der Waals surface area contributed by atoms with Gasteiger partial charge in [-0.05, 0) is 80.1 Å². The van der Waals surface area contributed by atoms with Gasteiger partial charge in [-0.3, -0.25) is 14.2 Å². The monoisotopic (exact) mass is 629 g/mol. The van der Waals surface area contributed by atoms with Crippen molar-refractivity contribution in [3.63, 3.8) is 0 Å². The van der Waals surface area contributed by atoms with Crippen LogP contribution in [0.4, 0.5) is 17.1 Å². The van der Waals surface area contributed by atoms with Crippen LogP contribution in [0, 0.1) is 13.8 Å². The maximum Gasteiger partial charge on any atom is 0.263 e. The highest BCUT2D eigenvalue weighted by molar-refractivity contribution is 7.93. The molecule has 42 heavy (non-hydrogen) atoms. The second kappa shape index (κ2) is 12.3. The van der Waals surface area contributed by atoms with E-state index in [1.165, 1.54) is 62.8 Å². The average Bonchev–Trinajstić information content (AvgIpc) is 2.94. The third-order valence-electron chi connectivity index (χ3n) is 6.18. The third kappa shape index (κ3) is 6.96. The molecule has 0 aliphatic carbocycles. The molecule has 0 aromatic heterocycles. The number of carbonyl (C=O) groups excluding carboxylic acids is 1. The molecule has 0 aliphatic heterocycles.